The standard InChI is InChI=1S/C19H18IN3O4/c1-19(12-7-9-13(27-2)10-8-12)17(25)23(18(26)22-19)11-16(24)21-15-6-4-3-5-14(15)20/h3-10H,11H2,1-2H3,(H,21,24)(H,22,26)/t19-/m1/s1. The van der Waals surface area contributed by atoms with Crippen LogP contribution < -0.4 is 15.4 Å². The van der Waals surface area contributed by atoms with Crippen molar-refractivity contribution in [2.24, 2.45) is 0 Å². The van der Waals surface area contributed by atoms with E-state index in [2.05, 4.69) is 33.2 Å². The molecule has 2 N–H and O–H groups in total. The normalized spacial score (nSPS) is 19.0. The number of carbonyl (C=O) groups excluding carboxylic acids is 3. The summed E-state index contributed by atoms with van der Waals surface area (Å²) < 4.78 is 5.98. The molecule has 0 spiro atoms. The number of anilines is 1. The van der Waals surface area contributed by atoms with Crippen molar-refractivity contribution in [2.75, 3.05) is 19.0 Å². The van der Waals surface area contributed by atoms with Crippen LogP contribution in [0.4, 0.5) is 10.5 Å². The molecule has 1 atom stereocenters. The molecular weight excluding hydrogens is 461 g/mol. The second-order valence-corrected chi connectivity index (χ2v) is 7.37. The van der Waals surface area contributed by atoms with E-state index in [4.69, 9.17) is 4.74 Å². The number of amides is 4. The predicted octanol–water partition coefficient (Wildman–Crippen LogP) is 2.71. The average molecular weight is 479 g/mol. The summed E-state index contributed by atoms with van der Waals surface area (Å²) in [6.07, 6.45) is 0. The summed E-state index contributed by atoms with van der Waals surface area (Å²) in [5.41, 5.74) is 0.0142. The first-order chi connectivity index (χ1) is 12.8. The minimum atomic E-state index is -1.23. The van der Waals surface area contributed by atoms with Crippen LogP contribution in [-0.4, -0.2) is 36.4 Å². The SMILES string of the molecule is COc1ccc([C@@]2(C)NC(=O)N(CC(=O)Nc3ccccc3I)C2=O)cc1. The summed E-state index contributed by atoms with van der Waals surface area (Å²) >= 11 is 2.10. The molecule has 140 valence electrons. The van der Waals surface area contributed by atoms with Crippen molar-refractivity contribution >= 4 is 46.1 Å². The molecule has 1 heterocycles. The Hall–Kier alpha value is -2.62. The van der Waals surface area contributed by atoms with Crippen LogP contribution in [0.15, 0.2) is 48.5 Å². The van der Waals surface area contributed by atoms with Crippen molar-refractivity contribution in [1.82, 2.24) is 10.2 Å². The second-order valence-electron chi connectivity index (χ2n) is 6.20. The van der Waals surface area contributed by atoms with Crippen LogP contribution in [0.25, 0.3) is 0 Å². The van der Waals surface area contributed by atoms with Gasteiger partial charge < -0.3 is 15.4 Å². The van der Waals surface area contributed by atoms with Crippen LogP contribution >= 0.6 is 22.6 Å². The Bertz CT molecular complexity index is 900. The Balaban J connectivity index is 1.75. The van der Waals surface area contributed by atoms with Crippen LogP contribution in [0, 0.1) is 3.57 Å². The number of nitrogens with one attached hydrogen (secondary N) is 2. The summed E-state index contributed by atoms with van der Waals surface area (Å²) in [7, 11) is 1.55. The monoisotopic (exact) mass is 479 g/mol. The van der Waals surface area contributed by atoms with Gasteiger partial charge >= 0.3 is 6.03 Å². The minimum absolute atomic E-state index is 0.360. The number of methoxy groups -OCH3 is 1. The van der Waals surface area contributed by atoms with Crippen molar-refractivity contribution in [2.45, 2.75) is 12.5 Å². The van der Waals surface area contributed by atoms with Crippen molar-refractivity contribution in [3.63, 3.8) is 0 Å². The average Bonchev–Trinajstić information content (AvgIpc) is 2.88. The lowest BCUT2D eigenvalue weighted by Gasteiger charge is -2.22. The van der Waals surface area contributed by atoms with Gasteiger partial charge in [0, 0.05) is 3.57 Å². The van der Waals surface area contributed by atoms with E-state index in [-0.39, 0.29) is 6.54 Å². The zero-order valence-corrected chi connectivity index (χ0v) is 16.9. The zero-order valence-electron chi connectivity index (χ0n) is 14.8. The van der Waals surface area contributed by atoms with E-state index in [0.29, 0.717) is 17.0 Å². The third-order valence-corrected chi connectivity index (χ3v) is 5.33. The molecule has 0 aromatic heterocycles. The molecule has 0 aliphatic carbocycles. The Kier molecular flexibility index (Phi) is 5.36. The highest BCUT2D eigenvalue weighted by molar-refractivity contribution is 14.1. The third-order valence-electron chi connectivity index (χ3n) is 4.39. The molecule has 27 heavy (non-hydrogen) atoms. The number of imide groups is 1. The van der Waals surface area contributed by atoms with E-state index in [1.165, 1.54) is 0 Å². The number of benzene rings is 2. The van der Waals surface area contributed by atoms with E-state index in [9.17, 15) is 14.4 Å². The molecule has 4 amide bonds. The van der Waals surface area contributed by atoms with Gasteiger partial charge in [-0.25, -0.2) is 4.79 Å². The predicted molar refractivity (Wildman–Crippen MR) is 108 cm³/mol. The van der Waals surface area contributed by atoms with Crippen LogP contribution in [0.1, 0.15) is 12.5 Å². The molecular formula is C19H18IN3O4. The Morgan fingerprint density at radius 3 is 2.48 bits per heavy atom. The Morgan fingerprint density at radius 2 is 1.85 bits per heavy atom. The maximum atomic E-state index is 12.9. The molecule has 1 aliphatic heterocycles. The van der Waals surface area contributed by atoms with Gasteiger partial charge in [0.2, 0.25) is 5.91 Å². The lowest BCUT2D eigenvalue weighted by atomic mass is 9.92. The van der Waals surface area contributed by atoms with Gasteiger partial charge in [0.05, 0.1) is 12.8 Å². The number of rotatable bonds is 5. The van der Waals surface area contributed by atoms with Crippen LogP contribution in [0.2, 0.25) is 0 Å². The number of urea groups is 1. The highest BCUT2D eigenvalue weighted by atomic mass is 127. The molecule has 8 heteroatoms. The molecule has 0 bridgehead atoms. The van der Waals surface area contributed by atoms with Gasteiger partial charge in [-0.1, -0.05) is 24.3 Å². The van der Waals surface area contributed by atoms with E-state index in [0.717, 1.165) is 8.47 Å². The van der Waals surface area contributed by atoms with E-state index in [1.54, 1.807) is 50.4 Å². The van der Waals surface area contributed by atoms with Gasteiger partial charge in [-0.3, -0.25) is 14.5 Å². The summed E-state index contributed by atoms with van der Waals surface area (Å²) in [5.74, 6) is -0.273. The number of ether oxygens (including phenoxy) is 1. The van der Waals surface area contributed by atoms with Gasteiger partial charge in [-0.15, -0.1) is 0 Å². The summed E-state index contributed by atoms with van der Waals surface area (Å²) in [4.78, 5) is 38.5. The Labute approximate surface area is 170 Å². The summed E-state index contributed by atoms with van der Waals surface area (Å²) in [5, 5.41) is 5.40. The topological polar surface area (TPSA) is 87.7 Å². The second kappa shape index (κ2) is 7.55. The molecule has 0 saturated carbocycles. The number of hydrogen-bond donors (Lipinski definition) is 2. The van der Waals surface area contributed by atoms with Gasteiger partial charge in [-0.05, 0) is 59.3 Å². The van der Waals surface area contributed by atoms with Gasteiger partial charge in [-0.2, -0.15) is 0 Å². The smallest absolute Gasteiger partial charge is 0.325 e. The van der Waals surface area contributed by atoms with Crippen molar-refractivity contribution in [1.29, 1.82) is 0 Å². The maximum absolute atomic E-state index is 12.9. The first-order valence-electron chi connectivity index (χ1n) is 8.18. The number of para-hydroxylation sites is 1. The first-order valence-corrected chi connectivity index (χ1v) is 9.26. The zero-order chi connectivity index (χ0) is 19.6. The number of carbonyl (C=O) groups is 3. The molecule has 1 saturated heterocycles. The largest absolute Gasteiger partial charge is 0.497 e. The van der Waals surface area contributed by atoms with Crippen molar-refractivity contribution in [3.05, 3.63) is 57.7 Å². The van der Waals surface area contributed by atoms with Gasteiger partial charge in [0.1, 0.15) is 17.8 Å². The fourth-order valence-electron chi connectivity index (χ4n) is 2.86. The molecule has 0 unspecified atom stereocenters. The molecule has 2 aromatic carbocycles. The molecule has 1 fully saturated rings. The Morgan fingerprint density at radius 1 is 1.19 bits per heavy atom. The van der Waals surface area contributed by atoms with E-state index >= 15 is 0 Å². The molecule has 1 aliphatic rings. The van der Waals surface area contributed by atoms with E-state index in [1.807, 2.05) is 12.1 Å². The lowest BCUT2D eigenvalue weighted by molar-refractivity contribution is -0.133. The molecule has 7 nitrogen and oxygen atoms in total. The first kappa shape index (κ1) is 19.2. The van der Waals surface area contributed by atoms with Gasteiger partial charge in [0.15, 0.2) is 0 Å². The molecule has 3 rings (SSSR count). The number of halogens is 1. The van der Waals surface area contributed by atoms with Gasteiger partial charge in [0.25, 0.3) is 5.91 Å². The highest BCUT2D eigenvalue weighted by Crippen LogP contribution is 2.30. The number of hydrogen-bond acceptors (Lipinski definition) is 4. The quantitative estimate of drug-likeness (QED) is 0.510. The summed E-state index contributed by atoms with van der Waals surface area (Å²) in [6.45, 7) is 1.26. The number of nitrogens with zero attached hydrogens (tertiary/aromatic N) is 1. The minimum Gasteiger partial charge on any atom is -0.497 e. The fraction of sp³-hybridized carbons (Fsp3) is 0.211. The van der Waals surface area contributed by atoms with Crippen LogP contribution in [-0.2, 0) is 15.1 Å². The molecule has 0 radical (unpaired) electrons. The summed E-state index contributed by atoms with van der Waals surface area (Å²) in [6, 6.07) is 13.5. The fourth-order valence-corrected chi connectivity index (χ4v) is 3.38. The lowest BCUT2D eigenvalue weighted by Crippen LogP contribution is -2.42. The van der Waals surface area contributed by atoms with E-state index < -0.39 is 23.4 Å². The highest BCUT2D eigenvalue weighted by Gasteiger charge is 2.49. The van der Waals surface area contributed by atoms with Crippen LogP contribution in [0.5, 0.6) is 5.75 Å². The van der Waals surface area contributed by atoms with Crippen LogP contribution in [0.3, 0.4) is 0 Å². The third kappa shape index (κ3) is 3.75. The van der Waals surface area contributed by atoms with Crippen molar-refractivity contribution < 1.29 is 19.1 Å². The molecule has 2 aromatic rings. The van der Waals surface area contributed by atoms with Crippen molar-refractivity contribution in [3.8, 4) is 5.75 Å². The maximum Gasteiger partial charge on any atom is 0.325 e.